The van der Waals surface area contributed by atoms with Crippen LogP contribution in [0.25, 0.3) is 0 Å². The van der Waals surface area contributed by atoms with E-state index in [1.165, 1.54) is 0 Å². The molecule has 1 amide bonds. The number of benzene rings is 1. The maximum Gasteiger partial charge on any atom is 0.414 e. The molecule has 1 aromatic rings. The fourth-order valence-electron chi connectivity index (χ4n) is 1.87. The monoisotopic (exact) mass is 221 g/mol. The summed E-state index contributed by atoms with van der Waals surface area (Å²) < 4.78 is 5.04. The molecule has 4 nitrogen and oxygen atoms in total. The van der Waals surface area contributed by atoms with Crippen molar-refractivity contribution in [3.8, 4) is 5.75 Å². The van der Waals surface area contributed by atoms with Crippen molar-refractivity contribution in [3.05, 3.63) is 24.3 Å². The summed E-state index contributed by atoms with van der Waals surface area (Å²) in [5, 5.41) is 9.22. The highest BCUT2D eigenvalue weighted by Crippen LogP contribution is 2.31. The van der Waals surface area contributed by atoms with Crippen LogP contribution < -0.4 is 4.90 Å². The van der Waals surface area contributed by atoms with E-state index in [2.05, 4.69) is 0 Å². The van der Waals surface area contributed by atoms with Crippen LogP contribution in [-0.4, -0.2) is 23.3 Å². The molecule has 1 heterocycles. The quantitative estimate of drug-likeness (QED) is 0.792. The number of carbonyl (C=O) groups excluding carboxylic acids is 1. The molecule has 0 spiro atoms. The summed E-state index contributed by atoms with van der Waals surface area (Å²) in [5.74, 6) is 0.187. The molecule has 0 unspecified atom stereocenters. The van der Waals surface area contributed by atoms with Gasteiger partial charge in [0.2, 0.25) is 0 Å². The van der Waals surface area contributed by atoms with Crippen molar-refractivity contribution in [1.29, 1.82) is 0 Å². The molecule has 1 fully saturated rings. The predicted octanol–water partition coefficient (Wildman–Crippen LogP) is 2.52. The van der Waals surface area contributed by atoms with E-state index < -0.39 is 0 Å². The van der Waals surface area contributed by atoms with Crippen molar-refractivity contribution >= 4 is 11.8 Å². The second-order valence-electron chi connectivity index (χ2n) is 4.53. The minimum absolute atomic E-state index is 0.187. The van der Waals surface area contributed by atoms with E-state index in [1.54, 1.807) is 29.2 Å². The summed E-state index contributed by atoms with van der Waals surface area (Å²) in [4.78, 5) is 13.4. The van der Waals surface area contributed by atoms with Gasteiger partial charge in [-0.1, -0.05) is 0 Å². The van der Waals surface area contributed by atoms with Gasteiger partial charge in [-0.3, -0.25) is 4.90 Å². The van der Waals surface area contributed by atoms with Gasteiger partial charge in [-0.25, -0.2) is 4.79 Å². The molecule has 0 saturated carbocycles. The number of hydrogen-bond donors (Lipinski definition) is 1. The lowest BCUT2D eigenvalue weighted by Crippen LogP contribution is -2.52. The Labute approximate surface area is 94.4 Å². The fraction of sp³-hybridized carbons (Fsp3) is 0.417. The standard InChI is InChI=1S/C12H15NO3/c1-12(2)7-8-16-11(15)13(12)9-3-5-10(14)6-4-9/h3-6,14H,7-8H2,1-2H3. The summed E-state index contributed by atoms with van der Waals surface area (Å²) in [7, 11) is 0. The number of ether oxygens (including phenoxy) is 1. The number of hydrogen-bond acceptors (Lipinski definition) is 3. The number of amides is 1. The molecule has 0 bridgehead atoms. The highest BCUT2D eigenvalue weighted by atomic mass is 16.6. The smallest absolute Gasteiger partial charge is 0.414 e. The SMILES string of the molecule is CC1(C)CCOC(=O)N1c1ccc(O)cc1. The van der Waals surface area contributed by atoms with Gasteiger partial charge in [-0.15, -0.1) is 0 Å². The maximum absolute atomic E-state index is 11.7. The zero-order chi connectivity index (χ0) is 11.8. The van der Waals surface area contributed by atoms with Crippen LogP contribution in [-0.2, 0) is 4.74 Å². The summed E-state index contributed by atoms with van der Waals surface area (Å²) >= 11 is 0. The molecule has 0 aromatic heterocycles. The Hall–Kier alpha value is -1.71. The summed E-state index contributed by atoms with van der Waals surface area (Å²) in [5.41, 5.74) is 0.485. The van der Waals surface area contributed by atoms with E-state index in [0.717, 1.165) is 12.1 Å². The van der Waals surface area contributed by atoms with Gasteiger partial charge in [0.25, 0.3) is 0 Å². The number of phenolic OH excluding ortho intramolecular Hbond substituents is 1. The van der Waals surface area contributed by atoms with Crippen LogP contribution in [0.5, 0.6) is 5.75 Å². The summed E-state index contributed by atoms with van der Waals surface area (Å²) in [6.07, 6.45) is 0.460. The average Bonchev–Trinajstić information content (AvgIpc) is 2.19. The van der Waals surface area contributed by atoms with Gasteiger partial charge in [-0.05, 0) is 38.1 Å². The van der Waals surface area contributed by atoms with E-state index >= 15 is 0 Å². The fourth-order valence-corrected chi connectivity index (χ4v) is 1.87. The van der Waals surface area contributed by atoms with Crippen molar-refractivity contribution in [2.24, 2.45) is 0 Å². The number of cyclic esters (lactones) is 1. The number of aromatic hydroxyl groups is 1. The molecule has 1 aromatic carbocycles. The third-order valence-electron chi connectivity index (χ3n) is 2.84. The average molecular weight is 221 g/mol. The Kier molecular flexibility index (Phi) is 2.50. The zero-order valence-corrected chi connectivity index (χ0v) is 9.43. The molecule has 1 N–H and O–H groups in total. The van der Waals surface area contributed by atoms with E-state index in [1.807, 2.05) is 13.8 Å². The van der Waals surface area contributed by atoms with Crippen molar-refractivity contribution in [2.45, 2.75) is 25.8 Å². The van der Waals surface area contributed by atoms with Crippen LogP contribution in [0.2, 0.25) is 0 Å². The number of carbonyl (C=O) groups is 1. The molecule has 2 rings (SSSR count). The van der Waals surface area contributed by atoms with Crippen LogP contribution >= 0.6 is 0 Å². The van der Waals surface area contributed by atoms with Crippen molar-refractivity contribution in [3.63, 3.8) is 0 Å². The van der Waals surface area contributed by atoms with E-state index in [9.17, 15) is 9.90 Å². The van der Waals surface area contributed by atoms with Gasteiger partial charge >= 0.3 is 6.09 Å². The normalized spacial score (nSPS) is 19.4. The second kappa shape index (κ2) is 3.70. The highest BCUT2D eigenvalue weighted by Gasteiger charge is 2.37. The van der Waals surface area contributed by atoms with Crippen LogP contribution in [0.4, 0.5) is 10.5 Å². The third kappa shape index (κ3) is 1.83. The lowest BCUT2D eigenvalue weighted by Gasteiger charge is -2.41. The van der Waals surface area contributed by atoms with E-state index in [4.69, 9.17) is 4.74 Å². The minimum Gasteiger partial charge on any atom is -0.508 e. The van der Waals surface area contributed by atoms with Crippen molar-refractivity contribution in [2.75, 3.05) is 11.5 Å². The van der Waals surface area contributed by atoms with Gasteiger partial charge in [-0.2, -0.15) is 0 Å². The Balaban J connectivity index is 2.36. The van der Waals surface area contributed by atoms with Crippen molar-refractivity contribution in [1.82, 2.24) is 0 Å². The summed E-state index contributed by atoms with van der Waals surface area (Å²) in [6, 6.07) is 6.55. The molecule has 4 heteroatoms. The molecule has 0 atom stereocenters. The van der Waals surface area contributed by atoms with E-state index in [0.29, 0.717) is 6.61 Å². The molecule has 1 aliphatic rings. The first kappa shape index (κ1) is 10.8. The van der Waals surface area contributed by atoms with Crippen LogP contribution in [0, 0.1) is 0 Å². The molecule has 1 aliphatic heterocycles. The Bertz CT molecular complexity index is 397. The van der Waals surface area contributed by atoms with Crippen LogP contribution in [0.1, 0.15) is 20.3 Å². The first-order chi connectivity index (χ1) is 7.50. The van der Waals surface area contributed by atoms with Crippen molar-refractivity contribution < 1.29 is 14.6 Å². The number of nitrogens with zero attached hydrogens (tertiary/aromatic N) is 1. The van der Waals surface area contributed by atoms with Crippen LogP contribution in [0.15, 0.2) is 24.3 Å². The molecule has 16 heavy (non-hydrogen) atoms. The second-order valence-corrected chi connectivity index (χ2v) is 4.53. The minimum atomic E-state index is -0.332. The third-order valence-corrected chi connectivity index (χ3v) is 2.84. The largest absolute Gasteiger partial charge is 0.508 e. The Morgan fingerprint density at radius 2 is 1.94 bits per heavy atom. The number of anilines is 1. The number of rotatable bonds is 1. The predicted molar refractivity (Wildman–Crippen MR) is 60.6 cm³/mol. The van der Waals surface area contributed by atoms with Crippen LogP contribution in [0.3, 0.4) is 0 Å². The van der Waals surface area contributed by atoms with Gasteiger partial charge in [0.1, 0.15) is 5.75 Å². The van der Waals surface area contributed by atoms with Gasteiger partial charge < -0.3 is 9.84 Å². The topological polar surface area (TPSA) is 49.8 Å². The number of phenols is 1. The molecular weight excluding hydrogens is 206 g/mol. The van der Waals surface area contributed by atoms with Gasteiger partial charge in [0, 0.05) is 17.6 Å². The summed E-state index contributed by atoms with van der Waals surface area (Å²) in [6.45, 7) is 4.46. The first-order valence-electron chi connectivity index (χ1n) is 5.27. The van der Waals surface area contributed by atoms with Gasteiger partial charge in [0.05, 0.1) is 6.61 Å². The zero-order valence-electron chi connectivity index (χ0n) is 9.43. The molecule has 0 aliphatic carbocycles. The maximum atomic E-state index is 11.7. The lowest BCUT2D eigenvalue weighted by molar-refractivity contribution is 0.115. The Morgan fingerprint density at radius 1 is 1.31 bits per heavy atom. The van der Waals surface area contributed by atoms with E-state index in [-0.39, 0.29) is 17.4 Å². The first-order valence-corrected chi connectivity index (χ1v) is 5.27. The highest BCUT2D eigenvalue weighted by molar-refractivity contribution is 5.89. The molecule has 86 valence electrons. The Morgan fingerprint density at radius 3 is 2.50 bits per heavy atom. The molecular formula is C12H15NO3. The van der Waals surface area contributed by atoms with Gasteiger partial charge in [0.15, 0.2) is 0 Å². The lowest BCUT2D eigenvalue weighted by atomic mass is 9.97. The molecule has 0 radical (unpaired) electrons. The molecule has 1 saturated heterocycles.